The number of aromatic nitrogens is 2. The zero-order valence-electron chi connectivity index (χ0n) is 9.49. The predicted octanol–water partition coefficient (Wildman–Crippen LogP) is 1.74. The molecule has 2 heterocycles. The van der Waals surface area contributed by atoms with Gasteiger partial charge in [0.2, 0.25) is 0 Å². The average molecular weight is 231 g/mol. The highest BCUT2D eigenvalue weighted by Gasteiger charge is 2.15. The number of hydrogen-bond donors (Lipinski definition) is 2. The van der Waals surface area contributed by atoms with Crippen LogP contribution in [0.4, 0.5) is 5.82 Å². The molecule has 1 aliphatic rings. The SMILES string of the molecule is Cc1[nH]nc(N)c1-c1ccc2c(c1)OCCO2. The maximum atomic E-state index is 5.84. The molecule has 17 heavy (non-hydrogen) atoms. The van der Waals surface area contributed by atoms with E-state index in [0.717, 1.165) is 28.3 Å². The molecule has 2 aromatic rings. The van der Waals surface area contributed by atoms with Crippen LogP contribution in [0.25, 0.3) is 11.1 Å². The lowest BCUT2D eigenvalue weighted by Gasteiger charge is -2.18. The third-order valence-electron chi connectivity index (χ3n) is 2.81. The van der Waals surface area contributed by atoms with Gasteiger partial charge in [0.1, 0.15) is 13.2 Å². The summed E-state index contributed by atoms with van der Waals surface area (Å²) < 4.78 is 11.0. The second kappa shape index (κ2) is 3.69. The van der Waals surface area contributed by atoms with Crippen LogP contribution in [0.2, 0.25) is 0 Å². The second-order valence-electron chi connectivity index (χ2n) is 3.97. The van der Waals surface area contributed by atoms with Gasteiger partial charge in [-0.3, -0.25) is 5.10 Å². The molecule has 5 nitrogen and oxygen atoms in total. The fourth-order valence-electron chi connectivity index (χ4n) is 2.01. The Labute approximate surface area is 98.5 Å². The molecule has 0 fully saturated rings. The Morgan fingerprint density at radius 3 is 2.71 bits per heavy atom. The maximum absolute atomic E-state index is 5.84. The molecular weight excluding hydrogens is 218 g/mol. The van der Waals surface area contributed by atoms with Gasteiger partial charge in [-0.15, -0.1) is 0 Å². The molecule has 1 aromatic heterocycles. The summed E-state index contributed by atoms with van der Waals surface area (Å²) in [6.45, 7) is 3.12. The van der Waals surface area contributed by atoms with Crippen LogP contribution in [0.5, 0.6) is 11.5 Å². The molecule has 0 amide bonds. The Hall–Kier alpha value is -2.17. The van der Waals surface area contributed by atoms with Crippen molar-refractivity contribution in [3.8, 4) is 22.6 Å². The van der Waals surface area contributed by atoms with Gasteiger partial charge in [-0.25, -0.2) is 0 Å². The largest absolute Gasteiger partial charge is 0.486 e. The number of nitrogens with zero attached hydrogens (tertiary/aromatic N) is 1. The number of nitrogen functional groups attached to an aromatic ring is 1. The van der Waals surface area contributed by atoms with Crippen LogP contribution in [0.3, 0.4) is 0 Å². The second-order valence-corrected chi connectivity index (χ2v) is 3.97. The number of nitrogens with one attached hydrogen (secondary N) is 1. The fourth-order valence-corrected chi connectivity index (χ4v) is 2.01. The Bertz CT molecular complexity index is 543. The molecule has 1 aliphatic heterocycles. The molecule has 3 N–H and O–H groups in total. The van der Waals surface area contributed by atoms with E-state index < -0.39 is 0 Å². The van der Waals surface area contributed by atoms with E-state index in [0.29, 0.717) is 19.0 Å². The van der Waals surface area contributed by atoms with Crippen LogP contribution in [-0.4, -0.2) is 23.4 Å². The number of anilines is 1. The fraction of sp³-hybridized carbons (Fsp3) is 0.250. The van der Waals surface area contributed by atoms with Crippen molar-refractivity contribution in [3.05, 3.63) is 23.9 Å². The lowest BCUT2D eigenvalue weighted by atomic mass is 10.1. The van der Waals surface area contributed by atoms with E-state index in [1.165, 1.54) is 0 Å². The molecule has 88 valence electrons. The van der Waals surface area contributed by atoms with Crippen LogP contribution in [0.1, 0.15) is 5.69 Å². The van der Waals surface area contributed by atoms with Crippen molar-refractivity contribution in [3.63, 3.8) is 0 Å². The Morgan fingerprint density at radius 1 is 1.24 bits per heavy atom. The molecule has 5 heteroatoms. The summed E-state index contributed by atoms with van der Waals surface area (Å²) in [5, 5.41) is 6.85. The van der Waals surface area contributed by atoms with Crippen LogP contribution < -0.4 is 15.2 Å². The summed E-state index contributed by atoms with van der Waals surface area (Å²) in [4.78, 5) is 0. The third-order valence-corrected chi connectivity index (χ3v) is 2.81. The molecule has 0 bridgehead atoms. The Balaban J connectivity index is 2.10. The van der Waals surface area contributed by atoms with Crippen LogP contribution in [-0.2, 0) is 0 Å². The lowest BCUT2D eigenvalue weighted by molar-refractivity contribution is 0.171. The number of hydrogen-bond acceptors (Lipinski definition) is 4. The number of aryl methyl sites for hydroxylation is 1. The van der Waals surface area contributed by atoms with Gasteiger partial charge in [-0.1, -0.05) is 6.07 Å². The molecule has 0 saturated heterocycles. The van der Waals surface area contributed by atoms with E-state index in [1.54, 1.807) is 0 Å². The monoisotopic (exact) mass is 231 g/mol. The number of aromatic amines is 1. The minimum Gasteiger partial charge on any atom is -0.486 e. The maximum Gasteiger partial charge on any atom is 0.161 e. The van der Waals surface area contributed by atoms with E-state index in [2.05, 4.69) is 10.2 Å². The van der Waals surface area contributed by atoms with Crippen molar-refractivity contribution < 1.29 is 9.47 Å². The third kappa shape index (κ3) is 1.60. The van der Waals surface area contributed by atoms with Crippen molar-refractivity contribution in [2.24, 2.45) is 0 Å². The summed E-state index contributed by atoms with van der Waals surface area (Å²) in [5.74, 6) is 2.03. The standard InChI is InChI=1S/C12H13N3O2/c1-7-11(12(13)15-14-7)8-2-3-9-10(6-8)17-5-4-16-9/h2-3,6H,4-5H2,1H3,(H3,13,14,15). The van der Waals surface area contributed by atoms with Gasteiger partial charge >= 0.3 is 0 Å². The zero-order chi connectivity index (χ0) is 11.8. The molecule has 0 atom stereocenters. The normalized spacial score (nSPS) is 13.7. The van der Waals surface area contributed by atoms with Crippen LogP contribution in [0.15, 0.2) is 18.2 Å². The van der Waals surface area contributed by atoms with E-state index in [4.69, 9.17) is 15.2 Å². The van der Waals surface area contributed by atoms with Crippen molar-refractivity contribution in [2.45, 2.75) is 6.92 Å². The highest BCUT2D eigenvalue weighted by atomic mass is 16.6. The number of fused-ring (bicyclic) bond motifs is 1. The Morgan fingerprint density at radius 2 is 2.00 bits per heavy atom. The van der Waals surface area contributed by atoms with Gasteiger partial charge in [0, 0.05) is 11.3 Å². The number of rotatable bonds is 1. The first-order valence-corrected chi connectivity index (χ1v) is 5.46. The summed E-state index contributed by atoms with van der Waals surface area (Å²) in [6.07, 6.45) is 0. The molecule has 1 aromatic carbocycles. The zero-order valence-corrected chi connectivity index (χ0v) is 9.49. The topological polar surface area (TPSA) is 73.2 Å². The number of ether oxygens (including phenoxy) is 2. The highest BCUT2D eigenvalue weighted by molar-refractivity contribution is 5.77. The van der Waals surface area contributed by atoms with Crippen LogP contribution >= 0.6 is 0 Å². The van der Waals surface area contributed by atoms with Crippen molar-refractivity contribution in [1.82, 2.24) is 10.2 Å². The summed E-state index contributed by atoms with van der Waals surface area (Å²) in [7, 11) is 0. The van der Waals surface area contributed by atoms with Gasteiger partial charge in [0.15, 0.2) is 17.3 Å². The molecule has 0 aliphatic carbocycles. The van der Waals surface area contributed by atoms with E-state index in [-0.39, 0.29) is 0 Å². The van der Waals surface area contributed by atoms with Gasteiger partial charge < -0.3 is 15.2 Å². The first kappa shape index (κ1) is 10.0. The average Bonchev–Trinajstić information content (AvgIpc) is 2.68. The molecule has 0 spiro atoms. The van der Waals surface area contributed by atoms with Crippen molar-refractivity contribution >= 4 is 5.82 Å². The van der Waals surface area contributed by atoms with E-state index in [9.17, 15) is 0 Å². The first-order chi connectivity index (χ1) is 8.25. The smallest absolute Gasteiger partial charge is 0.161 e. The van der Waals surface area contributed by atoms with Crippen molar-refractivity contribution in [1.29, 1.82) is 0 Å². The quantitative estimate of drug-likeness (QED) is 0.784. The summed E-state index contributed by atoms with van der Waals surface area (Å²) >= 11 is 0. The van der Waals surface area contributed by atoms with Gasteiger partial charge in [0.05, 0.1) is 0 Å². The Kier molecular flexibility index (Phi) is 2.18. The molecular formula is C12H13N3O2. The predicted molar refractivity (Wildman–Crippen MR) is 64.2 cm³/mol. The van der Waals surface area contributed by atoms with Gasteiger partial charge in [0.25, 0.3) is 0 Å². The molecule has 3 rings (SSSR count). The summed E-state index contributed by atoms with van der Waals surface area (Å²) in [5.41, 5.74) is 8.68. The molecule has 0 unspecified atom stereocenters. The van der Waals surface area contributed by atoms with Crippen molar-refractivity contribution in [2.75, 3.05) is 18.9 Å². The molecule has 0 radical (unpaired) electrons. The number of benzene rings is 1. The number of nitrogens with two attached hydrogens (primary N) is 1. The highest BCUT2D eigenvalue weighted by Crippen LogP contribution is 2.36. The summed E-state index contributed by atoms with van der Waals surface area (Å²) in [6, 6.07) is 5.79. The number of H-pyrrole nitrogens is 1. The van der Waals surface area contributed by atoms with E-state index >= 15 is 0 Å². The first-order valence-electron chi connectivity index (χ1n) is 5.46. The van der Waals surface area contributed by atoms with Gasteiger partial charge in [-0.05, 0) is 24.6 Å². The van der Waals surface area contributed by atoms with E-state index in [1.807, 2.05) is 25.1 Å². The molecule has 0 saturated carbocycles. The van der Waals surface area contributed by atoms with Gasteiger partial charge in [-0.2, -0.15) is 5.10 Å². The minimum atomic E-state index is 0.499. The minimum absolute atomic E-state index is 0.499. The van der Waals surface area contributed by atoms with Crippen LogP contribution in [0, 0.1) is 6.92 Å². The lowest BCUT2D eigenvalue weighted by Crippen LogP contribution is -2.15.